The summed E-state index contributed by atoms with van der Waals surface area (Å²) < 4.78 is 11.2. The van der Waals surface area contributed by atoms with Gasteiger partial charge >= 0.3 is 0 Å². The lowest BCUT2D eigenvalue weighted by Gasteiger charge is -2.33. The van der Waals surface area contributed by atoms with Crippen molar-refractivity contribution < 1.29 is 14.3 Å². The Morgan fingerprint density at radius 2 is 1.86 bits per heavy atom. The second-order valence-corrected chi connectivity index (χ2v) is 8.02. The van der Waals surface area contributed by atoms with Gasteiger partial charge in [0.1, 0.15) is 13.2 Å². The zero-order valence-electron chi connectivity index (χ0n) is 17.2. The highest BCUT2D eigenvalue weighted by molar-refractivity contribution is 5.78. The fraction of sp³-hybridized carbons (Fsp3) is 0.458. The van der Waals surface area contributed by atoms with Gasteiger partial charge in [0.2, 0.25) is 5.91 Å². The molecule has 1 fully saturated rings. The molecule has 2 heterocycles. The Balaban J connectivity index is 1.34. The summed E-state index contributed by atoms with van der Waals surface area (Å²) in [7, 11) is 0. The van der Waals surface area contributed by atoms with Gasteiger partial charge in [-0.1, -0.05) is 36.8 Å². The van der Waals surface area contributed by atoms with Crippen molar-refractivity contribution in [1.82, 2.24) is 10.2 Å². The number of hydrogen-bond acceptors (Lipinski definition) is 4. The number of likely N-dealkylation sites (tertiary alicyclic amines) is 1. The average molecular weight is 395 g/mol. The molecule has 2 aliphatic rings. The third-order valence-electron chi connectivity index (χ3n) is 5.88. The highest BCUT2D eigenvalue weighted by Crippen LogP contribution is 2.30. The summed E-state index contributed by atoms with van der Waals surface area (Å²) in [6.07, 6.45) is 4.21. The molecule has 0 saturated carbocycles. The molecular weight excluding hydrogens is 364 g/mol. The van der Waals surface area contributed by atoms with Crippen LogP contribution in [0.2, 0.25) is 0 Å². The van der Waals surface area contributed by atoms with E-state index in [1.807, 2.05) is 24.3 Å². The smallest absolute Gasteiger partial charge is 0.224 e. The van der Waals surface area contributed by atoms with Gasteiger partial charge in [-0.15, -0.1) is 0 Å². The van der Waals surface area contributed by atoms with Crippen LogP contribution in [0.1, 0.15) is 42.9 Å². The van der Waals surface area contributed by atoms with Gasteiger partial charge in [0.25, 0.3) is 0 Å². The fourth-order valence-electron chi connectivity index (χ4n) is 4.13. The Morgan fingerprint density at radius 1 is 1.07 bits per heavy atom. The van der Waals surface area contributed by atoms with Crippen molar-refractivity contribution >= 4 is 5.91 Å². The summed E-state index contributed by atoms with van der Waals surface area (Å²) in [4.78, 5) is 15.1. The van der Waals surface area contributed by atoms with E-state index >= 15 is 0 Å². The van der Waals surface area contributed by atoms with Gasteiger partial charge in [0.05, 0.1) is 6.42 Å². The number of piperidine rings is 1. The van der Waals surface area contributed by atoms with Gasteiger partial charge in [-0.3, -0.25) is 9.69 Å². The summed E-state index contributed by atoms with van der Waals surface area (Å²) in [6, 6.07) is 14.8. The summed E-state index contributed by atoms with van der Waals surface area (Å²) in [5.41, 5.74) is 3.43. The topological polar surface area (TPSA) is 50.8 Å². The van der Waals surface area contributed by atoms with Crippen LogP contribution in [0.15, 0.2) is 42.5 Å². The zero-order valence-corrected chi connectivity index (χ0v) is 17.2. The van der Waals surface area contributed by atoms with E-state index in [1.54, 1.807) is 0 Å². The van der Waals surface area contributed by atoms with Crippen molar-refractivity contribution in [2.24, 2.45) is 0 Å². The Bertz CT molecular complexity index is 852. The highest BCUT2D eigenvalue weighted by Gasteiger charge is 2.19. The van der Waals surface area contributed by atoms with Gasteiger partial charge in [-0.05, 0) is 55.1 Å². The van der Waals surface area contributed by atoms with Crippen LogP contribution in [0.4, 0.5) is 0 Å². The van der Waals surface area contributed by atoms with E-state index in [0.717, 1.165) is 30.2 Å². The molecule has 4 rings (SSSR count). The number of carbonyl (C=O) groups is 1. The number of nitrogens with one attached hydrogen (secondary N) is 1. The molecule has 0 spiro atoms. The van der Waals surface area contributed by atoms with Crippen LogP contribution in [-0.2, 0) is 24.3 Å². The van der Waals surface area contributed by atoms with Crippen molar-refractivity contribution in [2.45, 2.75) is 51.7 Å². The molecule has 1 amide bonds. The number of nitrogens with zero attached hydrogens (tertiary/aromatic N) is 1. The molecule has 0 aliphatic carbocycles. The number of amides is 1. The summed E-state index contributed by atoms with van der Waals surface area (Å²) in [6.45, 7) is 6.11. The standard InChI is InChI=1S/C24H30N2O3/c1-18-6-4-5-11-26(18)17-21-8-3-2-7-20(21)16-25-24(27)15-19-9-10-22-23(14-19)29-13-12-28-22/h2-3,7-10,14,18H,4-6,11-13,15-17H2,1H3,(H,25,27). The van der Waals surface area contributed by atoms with Crippen LogP contribution in [0.5, 0.6) is 11.5 Å². The lowest BCUT2D eigenvalue weighted by atomic mass is 10.0. The molecule has 5 heteroatoms. The second-order valence-electron chi connectivity index (χ2n) is 8.02. The van der Waals surface area contributed by atoms with E-state index < -0.39 is 0 Å². The summed E-state index contributed by atoms with van der Waals surface area (Å²) >= 11 is 0. The lowest BCUT2D eigenvalue weighted by molar-refractivity contribution is -0.120. The Hall–Kier alpha value is -2.53. The maximum absolute atomic E-state index is 12.5. The largest absolute Gasteiger partial charge is 0.486 e. The van der Waals surface area contributed by atoms with Crippen molar-refractivity contribution in [1.29, 1.82) is 0 Å². The number of benzene rings is 2. The zero-order chi connectivity index (χ0) is 20.1. The van der Waals surface area contributed by atoms with Gasteiger partial charge in [0.15, 0.2) is 11.5 Å². The third kappa shape index (κ3) is 5.10. The predicted octanol–water partition coefficient (Wildman–Crippen LogP) is 3.69. The maximum atomic E-state index is 12.5. The fourth-order valence-corrected chi connectivity index (χ4v) is 4.13. The normalized spacial score (nSPS) is 19.0. The van der Waals surface area contributed by atoms with Crippen molar-refractivity contribution in [3.63, 3.8) is 0 Å². The van der Waals surface area contributed by atoms with Crippen molar-refractivity contribution in [2.75, 3.05) is 19.8 Å². The van der Waals surface area contributed by atoms with E-state index in [2.05, 4.69) is 35.3 Å². The summed E-state index contributed by atoms with van der Waals surface area (Å²) in [5.74, 6) is 1.49. The minimum atomic E-state index is 0.0165. The second kappa shape index (κ2) is 9.31. The number of carbonyl (C=O) groups excluding carboxylic acids is 1. The molecule has 1 atom stereocenters. The van der Waals surface area contributed by atoms with Crippen LogP contribution in [0.25, 0.3) is 0 Å². The number of fused-ring (bicyclic) bond motifs is 1. The Morgan fingerprint density at radius 3 is 2.69 bits per heavy atom. The van der Waals surface area contributed by atoms with Crippen molar-refractivity contribution in [3.8, 4) is 11.5 Å². The third-order valence-corrected chi connectivity index (χ3v) is 5.88. The molecule has 154 valence electrons. The predicted molar refractivity (Wildman–Crippen MR) is 113 cm³/mol. The molecule has 0 radical (unpaired) electrons. The van der Waals surface area contributed by atoms with Gasteiger partial charge in [0, 0.05) is 19.1 Å². The number of hydrogen-bond donors (Lipinski definition) is 1. The van der Waals surface area contributed by atoms with Crippen LogP contribution in [0.3, 0.4) is 0 Å². The van der Waals surface area contributed by atoms with E-state index in [-0.39, 0.29) is 5.91 Å². The van der Waals surface area contributed by atoms with Gasteiger partial charge in [-0.2, -0.15) is 0 Å². The Kier molecular flexibility index (Phi) is 6.35. The first-order chi connectivity index (χ1) is 14.2. The van der Waals surface area contributed by atoms with Gasteiger partial charge < -0.3 is 14.8 Å². The summed E-state index contributed by atoms with van der Waals surface area (Å²) in [5, 5.41) is 3.09. The van der Waals surface area contributed by atoms with Crippen molar-refractivity contribution in [3.05, 3.63) is 59.2 Å². The van der Waals surface area contributed by atoms with E-state index in [0.29, 0.717) is 32.2 Å². The molecule has 2 aromatic carbocycles. The molecule has 2 aliphatic heterocycles. The number of rotatable bonds is 6. The molecule has 1 saturated heterocycles. The molecule has 0 bridgehead atoms. The molecular formula is C24H30N2O3. The average Bonchev–Trinajstić information content (AvgIpc) is 2.75. The first-order valence-corrected chi connectivity index (χ1v) is 10.6. The van der Waals surface area contributed by atoms with Crippen LogP contribution >= 0.6 is 0 Å². The monoisotopic (exact) mass is 394 g/mol. The highest BCUT2D eigenvalue weighted by atomic mass is 16.6. The van der Waals surface area contributed by atoms with E-state index in [9.17, 15) is 4.79 Å². The molecule has 1 N–H and O–H groups in total. The SMILES string of the molecule is CC1CCCCN1Cc1ccccc1CNC(=O)Cc1ccc2c(c1)OCCO2. The first kappa shape index (κ1) is 19.8. The maximum Gasteiger partial charge on any atom is 0.224 e. The molecule has 1 unspecified atom stereocenters. The van der Waals surface area contributed by atoms with E-state index in [4.69, 9.17) is 9.47 Å². The first-order valence-electron chi connectivity index (χ1n) is 10.6. The lowest BCUT2D eigenvalue weighted by Crippen LogP contribution is -2.37. The minimum absolute atomic E-state index is 0.0165. The van der Waals surface area contributed by atoms with Crippen LogP contribution in [-0.4, -0.2) is 36.6 Å². The van der Waals surface area contributed by atoms with Gasteiger partial charge in [-0.25, -0.2) is 0 Å². The minimum Gasteiger partial charge on any atom is -0.486 e. The van der Waals surface area contributed by atoms with Crippen LogP contribution < -0.4 is 14.8 Å². The molecule has 29 heavy (non-hydrogen) atoms. The Labute approximate surface area is 173 Å². The molecule has 5 nitrogen and oxygen atoms in total. The molecule has 2 aromatic rings. The van der Waals surface area contributed by atoms with Crippen LogP contribution in [0, 0.1) is 0 Å². The quantitative estimate of drug-likeness (QED) is 0.812. The number of ether oxygens (including phenoxy) is 2. The molecule has 0 aromatic heterocycles. The van der Waals surface area contributed by atoms with E-state index in [1.165, 1.54) is 30.4 Å².